The first-order valence-corrected chi connectivity index (χ1v) is 25.5. The van der Waals surface area contributed by atoms with Crippen molar-refractivity contribution in [2.75, 3.05) is 39.5 Å². The molecule has 0 aliphatic carbocycles. The average Bonchev–Trinajstić information content (AvgIpc) is 3.22. The summed E-state index contributed by atoms with van der Waals surface area (Å²) in [4.78, 5) is 2.23. The maximum atomic E-state index is 10.1. The fraction of sp³-hybridized carbons (Fsp3) is 0.885. The first-order chi connectivity index (χ1) is 28.1. The summed E-state index contributed by atoms with van der Waals surface area (Å²) >= 11 is 0. The minimum absolute atomic E-state index is 0.0292. The molecule has 0 fully saturated rings. The zero-order valence-corrected chi connectivity index (χ0v) is 38.8. The molecule has 0 aliphatic rings. The highest BCUT2D eigenvalue weighted by Crippen LogP contribution is 2.26. The van der Waals surface area contributed by atoms with Gasteiger partial charge >= 0.3 is 0 Å². The van der Waals surface area contributed by atoms with Gasteiger partial charge in [0.1, 0.15) is 18.1 Å². The summed E-state index contributed by atoms with van der Waals surface area (Å²) in [6, 6.07) is 6.31. The van der Waals surface area contributed by atoms with Gasteiger partial charge in [-0.3, -0.25) is 4.90 Å². The zero-order valence-electron chi connectivity index (χ0n) is 38.8. The Hall–Kier alpha value is -1.30. The van der Waals surface area contributed by atoms with E-state index in [-0.39, 0.29) is 19.3 Å². The summed E-state index contributed by atoms with van der Waals surface area (Å²) in [6.07, 6.45) is 45.5. The Morgan fingerprint density at radius 1 is 0.456 bits per heavy atom. The Kier molecular flexibility index (Phi) is 39.0. The Labute approximate surface area is 356 Å². The predicted octanol–water partition coefficient (Wildman–Crippen LogP) is 15.2. The lowest BCUT2D eigenvalue weighted by molar-refractivity contribution is 0.0627. The molecule has 1 aromatic carbocycles. The number of aryl methyl sites for hydroxylation is 1. The maximum Gasteiger partial charge on any atom is 0.123 e. The van der Waals surface area contributed by atoms with Crippen LogP contribution in [0, 0.1) is 5.92 Å². The Balaban J connectivity index is 2.50. The van der Waals surface area contributed by atoms with Crippen LogP contribution in [0.4, 0.5) is 0 Å². The lowest BCUT2D eigenvalue weighted by Crippen LogP contribution is -2.43. The summed E-state index contributed by atoms with van der Waals surface area (Å²) in [5.41, 5.74) is 1.31. The van der Waals surface area contributed by atoms with Gasteiger partial charge < -0.3 is 19.7 Å². The molecule has 0 aliphatic heterocycles. The van der Waals surface area contributed by atoms with E-state index in [1.807, 2.05) is 0 Å². The fourth-order valence-corrected chi connectivity index (χ4v) is 8.31. The van der Waals surface area contributed by atoms with Crippen LogP contribution in [0.15, 0.2) is 18.2 Å². The van der Waals surface area contributed by atoms with Crippen LogP contribution in [0.5, 0.6) is 11.5 Å². The normalized spacial score (nSPS) is 12.3. The second-order valence-corrected chi connectivity index (χ2v) is 17.7. The molecule has 0 bridgehead atoms. The first-order valence-electron chi connectivity index (χ1n) is 25.5. The van der Waals surface area contributed by atoms with Crippen molar-refractivity contribution in [3.8, 4) is 11.5 Å². The second kappa shape index (κ2) is 41.4. The quantitative estimate of drug-likeness (QED) is 0.0643. The number of ether oxygens (including phenoxy) is 2. The highest BCUT2D eigenvalue weighted by Gasteiger charge is 2.17. The number of hydrogen-bond donors (Lipinski definition) is 2. The molecule has 336 valence electrons. The number of benzene rings is 1. The van der Waals surface area contributed by atoms with E-state index in [0.29, 0.717) is 19.1 Å². The van der Waals surface area contributed by atoms with Crippen LogP contribution >= 0.6 is 0 Å². The molecule has 1 rings (SSSR count). The monoisotopic (exact) mass is 802 g/mol. The molecule has 1 atom stereocenters. The van der Waals surface area contributed by atoms with E-state index in [1.165, 1.54) is 205 Å². The Morgan fingerprint density at radius 2 is 0.860 bits per heavy atom. The fourth-order valence-electron chi connectivity index (χ4n) is 8.31. The largest absolute Gasteiger partial charge is 0.493 e. The predicted molar refractivity (Wildman–Crippen MR) is 249 cm³/mol. The van der Waals surface area contributed by atoms with Crippen molar-refractivity contribution >= 4 is 0 Å². The summed E-state index contributed by atoms with van der Waals surface area (Å²) in [6.45, 7) is 11.9. The number of nitrogens with zero attached hydrogens (tertiary/aromatic N) is 1. The molecular formula is C52H99NO4. The molecule has 0 amide bonds. The van der Waals surface area contributed by atoms with Gasteiger partial charge in [-0.15, -0.1) is 0 Å². The van der Waals surface area contributed by atoms with Gasteiger partial charge in [0.2, 0.25) is 0 Å². The van der Waals surface area contributed by atoms with Gasteiger partial charge in [0.15, 0.2) is 0 Å². The molecular weight excluding hydrogens is 703 g/mol. The maximum absolute atomic E-state index is 10.1. The number of rotatable bonds is 45. The lowest BCUT2D eigenvalue weighted by Gasteiger charge is -2.29. The first kappa shape index (κ1) is 53.7. The number of hydrogen-bond acceptors (Lipinski definition) is 5. The van der Waals surface area contributed by atoms with Gasteiger partial charge in [-0.05, 0) is 55.8 Å². The van der Waals surface area contributed by atoms with E-state index in [0.717, 1.165) is 43.9 Å². The number of aliphatic hydroxyl groups is 2. The third-order valence-corrected chi connectivity index (χ3v) is 12.4. The van der Waals surface area contributed by atoms with Crippen molar-refractivity contribution in [3.63, 3.8) is 0 Å². The SMILES string of the molecule is CCCCCCCCCCCCCCCCCCN(CCOc1cc(CCCCCCCCCCCCCCC)cc(OCC(CC)CCCC)c1)C(CO)CO. The third kappa shape index (κ3) is 32.2. The molecule has 0 radical (unpaired) electrons. The van der Waals surface area contributed by atoms with Gasteiger partial charge in [-0.25, -0.2) is 0 Å². The van der Waals surface area contributed by atoms with Crippen molar-refractivity contribution in [1.29, 1.82) is 0 Å². The molecule has 1 aromatic rings. The summed E-state index contributed by atoms with van der Waals surface area (Å²) in [5.74, 6) is 2.40. The molecule has 1 unspecified atom stereocenters. The average molecular weight is 802 g/mol. The van der Waals surface area contributed by atoms with Crippen LogP contribution in [0.2, 0.25) is 0 Å². The van der Waals surface area contributed by atoms with Crippen LogP contribution in [-0.4, -0.2) is 60.7 Å². The highest BCUT2D eigenvalue weighted by atomic mass is 16.5. The van der Waals surface area contributed by atoms with Crippen LogP contribution < -0.4 is 9.47 Å². The minimum atomic E-state index is -0.236. The van der Waals surface area contributed by atoms with Crippen molar-refractivity contribution in [3.05, 3.63) is 23.8 Å². The van der Waals surface area contributed by atoms with Gasteiger partial charge in [-0.1, -0.05) is 220 Å². The topological polar surface area (TPSA) is 62.2 Å². The molecule has 0 spiro atoms. The van der Waals surface area contributed by atoms with E-state index in [2.05, 4.69) is 50.8 Å². The molecule has 0 heterocycles. The summed E-state index contributed by atoms with van der Waals surface area (Å²) < 4.78 is 12.9. The van der Waals surface area contributed by atoms with E-state index in [9.17, 15) is 10.2 Å². The Bertz CT molecular complexity index is 952. The zero-order chi connectivity index (χ0) is 41.3. The third-order valence-electron chi connectivity index (χ3n) is 12.4. The molecule has 5 heteroatoms. The Morgan fingerprint density at radius 3 is 1.28 bits per heavy atom. The number of unbranched alkanes of at least 4 members (excludes halogenated alkanes) is 28. The van der Waals surface area contributed by atoms with Crippen LogP contribution in [0.1, 0.15) is 245 Å². The van der Waals surface area contributed by atoms with Gasteiger partial charge in [0, 0.05) is 12.6 Å². The molecule has 5 nitrogen and oxygen atoms in total. The molecule has 0 aromatic heterocycles. The van der Waals surface area contributed by atoms with E-state index in [4.69, 9.17) is 9.47 Å². The second-order valence-electron chi connectivity index (χ2n) is 17.7. The van der Waals surface area contributed by atoms with E-state index >= 15 is 0 Å². The number of aliphatic hydroxyl groups excluding tert-OH is 2. The minimum Gasteiger partial charge on any atom is -0.493 e. The standard InChI is InChI=1S/C52H99NO4/c1-5-9-12-14-16-18-20-22-23-24-26-28-30-32-34-36-39-53(50(45-54)46-55)40-41-56-51-42-49(43-52(44-51)57-47-48(8-4)37-11-7-3)38-35-33-31-29-27-25-21-19-17-15-13-10-6-2/h42-44,48,50,54-55H,5-41,45-47H2,1-4H3. The van der Waals surface area contributed by atoms with Crippen LogP contribution in [-0.2, 0) is 6.42 Å². The molecule has 2 N–H and O–H groups in total. The highest BCUT2D eigenvalue weighted by molar-refractivity contribution is 5.38. The van der Waals surface area contributed by atoms with Crippen molar-refractivity contribution < 1.29 is 19.7 Å². The molecule has 0 saturated carbocycles. The van der Waals surface area contributed by atoms with Crippen molar-refractivity contribution in [1.82, 2.24) is 4.90 Å². The smallest absolute Gasteiger partial charge is 0.123 e. The van der Waals surface area contributed by atoms with Crippen molar-refractivity contribution in [2.24, 2.45) is 5.92 Å². The lowest BCUT2D eigenvalue weighted by atomic mass is 10.0. The van der Waals surface area contributed by atoms with E-state index < -0.39 is 0 Å². The summed E-state index contributed by atoms with van der Waals surface area (Å²) in [5, 5.41) is 20.1. The van der Waals surface area contributed by atoms with Crippen LogP contribution in [0.3, 0.4) is 0 Å². The van der Waals surface area contributed by atoms with Gasteiger partial charge in [0.25, 0.3) is 0 Å². The van der Waals surface area contributed by atoms with Gasteiger partial charge in [0.05, 0.1) is 25.9 Å². The molecule has 0 saturated heterocycles. The van der Waals surface area contributed by atoms with Gasteiger partial charge in [-0.2, -0.15) is 0 Å². The summed E-state index contributed by atoms with van der Waals surface area (Å²) in [7, 11) is 0. The van der Waals surface area contributed by atoms with E-state index in [1.54, 1.807) is 0 Å². The van der Waals surface area contributed by atoms with Crippen LogP contribution in [0.25, 0.3) is 0 Å². The van der Waals surface area contributed by atoms with Crippen molar-refractivity contribution in [2.45, 2.75) is 252 Å². The molecule has 57 heavy (non-hydrogen) atoms.